The zero-order valence-electron chi connectivity index (χ0n) is 15.4. The lowest BCUT2D eigenvalue weighted by Crippen LogP contribution is -2.44. The van der Waals surface area contributed by atoms with E-state index in [0.29, 0.717) is 6.54 Å². The molecule has 0 aliphatic heterocycles. The number of fused-ring (bicyclic) bond motifs is 1. The van der Waals surface area contributed by atoms with Crippen molar-refractivity contribution < 1.29 is 14.6 Å². The summed E-state index contributed by atoms with van der Waals surface area (Å²) in [5.74, 6) is 0.910. The first kappa shape index (κ1) is 19.9. The van der Waals surface area contributed by atoms with E-state index in [1.54, 1.807) is 24.5 Å². The van der Waals surface area contributed by atoms with Gasteiger partial charge >= 0.3 is 0 Å². The minimum atomic E-state index is -0.577. The summed E-state index contributed by atoms with van der Waals surface area (Å²) in [5.41, 5.74) is 2.95. The Morgan fingerprint density at radius 3 is 2.85 bits per heavy atom. The minimum Gasteiger partial charge on any atom is -0.488 e. The molecular weight excluding hydrogens is 366 g/mol. The van der Waals surface area contributed by atoms with Crippen LogP contribution in [0.5, 0.6) is 5.75 Å². The molecule has 4 rings (SSSR count). The van der Waals surface area contributed by atoms with E-state index in [1.165, 1.54) is 0 Å². The van der Waals surface area contributed by atoms with E-state index in [9.17, 15) is 9.90 Å². The van der Waals surface area contributed by atoms with Crippen LogP contribution in [0.1, 0.15) is 41.0 Å². The fraction of sp³-hybridized carbons (Fsp3) is 0.500. The number of halogens is 1. The molecule has 4 unspecified atom stereocenters. The molecule has 146 valence electrons. The normalized spacial score (nSPS) is 27.1. The van der Waals surface area contributed by atoms with Gasteiger partial charge in [0.1, 0.15) is 18.0 Å². The number of carbonyl (C=O) groups is 1. The summed E-state index contributed by atoms with van der Waals surface area (Å²) in [6.07, 6.45) is 5.94. The van der Waals surface area contributed by atoms with Crippen LogP contribution in [-0.4, -0.2) is 45.7 Å². The Labute approximate surface area is 165 Å². The number of aliphatic hydroxyl groups is 1. The van der Waals surface area contributed by atoms with E-state index < -0.39 is 6.10 Å². The molecule has 0 amide bonds. The number of aromatic nitrogens is 2. The average Bonchev–Trinajstić information content (AvgIpc) is 3.19. The Kier molecular flexibility index (Phi) is 6.19. The monoisotopic (exact) mass is 391 g/mol. The van der Waals surface area contributed by atoms with Gasteiger partial charge < -0.3 is 20.1 Å². The minimum absolute atomic E-state index is 0. The third-order valence-electron chi connectivity index (χ3n) is 5.53. The van der Waals surface area contributed by atoms with Crippen LogP contribution in [0.3, 0.4) is 0 Å². The van der Waals surface area contributed by atoms with Crippen molar-refractivity contribution in [2.45, 2.75) is 50.9 Å². The smallest absolute Gasteiger partial charge is 0.169 e. The van der Waals surface area contributed by atoms with Crippen LogP contribution in [0.4, 0.5) is 0 Å². The Balaban J connectivity index is 0.00000210. The summed E-state index contributed by atoms with van der Waals surface area (Å²) in [4.78, 5) is 19.9. The van der Waals surface area contributed by atoms with Crippen molar-refractivity contribution in [1.29, 1.82) is 0 Å². The number of nitrogens with zero attached hydrogens (tertiary/aromatic N) is 1. The predicted octanol–water partition coefficient (Wildman–Crippen LogP) is 2.45. The van der Waals surface area contributed by atoms with Crippen molar-refractivity contribution in [3.63, 3.8) is 0 Å². The second kappa shape index (κ2) is 8.42. The molecule has 4 atom stereocenters. The molecule has 2 aromatic heterocycles. The van der Waals surface area contributed by atoms with Gasteiger partial charge in [0.15, 0.2) is 5.78 Å². The zero-order valence-corrected chi connectivity index (χ0v) is 16.2. The van der Waals surface area contributed by atoms with E-state index in [0.717, 1.165) is 48.4 Å². The Morgan fingerprint density at radius 2 is 2.07 bits per heavy atom. The predicted molar refractivity (Wildman–Crippen MR) is 105 cm³/mol. The number of pyridine rings is 1. The second-order valence-electron chi connectivity index (χ2n) is 7.37. The van der Waals surface area contributed by atoms with Crippen LogP contribution in [0.25, 0.3) is 0 Å². The van der Waals surface area contributed by atoms with Gasteiger partial charge in [-0.1, -0.05) is 0 Å². The lowest BCUT2D eigenvalue weighted by atomic mass is 9.86. The first-order valence-electron chi connectivity index (χ1n) is 9.32. The van der Waals surface area contributed by atoms with Crippen molar-refractivity contribution in [2.24, 2.45) is 5.92 Å². The summed E-state index contributed by atoms with van der Waals surface area (Å²) < 4.78 is 5.88. The van der Waals surface area contributed by atoms with E-state index in [4.69, 9.17) is 4.74 Å². The van der Waals surface area contributed by atoms with Gasteiger partial charge in [-0.15, -0.1) is 12.4 Å². The van der Waals surface area contributed by atoms with Crippen LogP contribution in [0.2, 0.25) is 0 Å². The Morgan fingerprint density at radius 1 is 1.30 bits per heavy atom. The molecule has 2 aliphatic rings. The van der Waals surface area contributed by atoms with E-state index >= 15 is 0 Å². The van der Waals surface area contributed by atoms with Gasteiger partial charge in [-0.25, -0.2) is 0 Å². The molecule has 2 aliphatic carbocycles. The lowest BCUT2D eigenvalue weighted by Gasteiger charge is -2.25. The molecule has 7 heteroatoms. The van der Waals surface area contributed by atoms with Gasteiger partial charge in [-0.3, -0.25) is 9.78 Å². The van der Waals surface area contributed by atoms with Crippen molar-refractivity contribution in [3.8, 4) is 5.75 Å². The maximum absolute atomic E-state index is 12.7. The van der Waals surface area contributed by atoms with Crippen LogP contribution < -0.4 is 10.1 Å². The Bertz CT molecular complexity index is 780. The molecule has 1 fully saturated rings. The topological polar surface area (TPSA) is 87.2 Å². The molecule has 2 aromatic rings. The molecule has 0 radical (unpaired) electrons. The second-order valence-corrected chi connectivity index (χ2v) is 7.37. The van der Waals surface area contributed by atoms with Gasteiger partial charge in [-0.2, -0.15) is 0 Å². The van der Waals surface area contributed by atoms with Gasteiger partial charge in [0.25, 0.3) is 0 Å². The van der Waals surface area contributed by atoms with E-state index in [1.807, 2.05) is 13.0 Å². The maximum Gasteiger partial charge on any atom is 0.169 e. The van der Waals surface area contributed by atoms with Gasteiger partial charge in [-0.05, 0) is 50.8 Å². The molecule has 0 aromatic carbocycles. The number of Topliss-reactive ketones (excluding diaryl/α,β-unsaturated/α-hetero) is 1. The molecular formula is C20H26ClN3O3. The molecule has 6 nitrogen and oxygen atoms in total. The summed E-state index contributed by atoms with van der Waals surface area (Å²) in [5, 5.41) is 14.0. The highest BCUT2D eigenvalue weighted by atomic mass is 35.5. The number of H-pyrrole nitrogens is 1. The quantitative estimate of drug-likeness (QED) is 0.728. The SMILES string of the molecule is Cc1cc2c([nH]1)CCC(CNC1CCC(Oc3ccncc3)C1O)C2=O.Cl. The van der Waals surface area contributed by atoms with Crippen molar-refractivity contribution >= 4 is 18.2 Å². The summed E-state index contributed by atoms with van der Waals surface area (Å²) in [6.45, 7) is 2.59. The number of aryl methyl sites for hydroxylation is 2. The number of aliphatic hydroxyl groups excluding tert-OH is 1. The first-order valence-corrected chi connectivity index (χ1v) is 9.32. The maximum atomic E-state index is 12.7. The highest BCUT2D eigenvalue weighted by Gasteiger charge is 2.37. The van der Waals surface area contributed by atoms with Gasteiger partial charge in [0.2, 0.25) is 0 Å². The number of hydrogen-bond donors (Lipinski definition) is 3. The van der Waals surface area contributed by atoms with E-state index in [-0.39, 0.29) is 36.3 Å². The highest BCUT2D eigenvalue weighted by Crippen LogP contribution is 2.28. The van der Waals surface area contributed by atoms with Gasteiger partial charge in [0.05, 0.1) is 0 Å². The average molecular weight is 392 g/mol. The third-order valence-corrected chi connectivity index (χ3v) is 5.53. The molecule has 0 saturated heterocycles. The first-order chi connectivity index (χ1) is 12.6. The van der Waals surface area contributed by atoms with Crippen LogP contribution in [0.15, 0.2) is 30.6 Å². The molecule has 2 heterocycles. The highest BCUT2D eigenvalue weighted by molar-refractivity contribution is 6.00. The molecule has 3 N–H and O–H groups in total. The van der Waals surface area contributed by atoms with Crippen LogP contribution >= 0.6 is 12.4 Å². The van der Waals surface area contributed by atoms with E-state index in [2.05, 4.69) is 15.3 Å². The number of ether oxygens (including phenoxy) is 1. The largest absolute Gasteiger partial charge is 0.488 e. The number of carbonyl (C=O) groups excluding carboxylic acids is 1. The number of hydrogen-bond acceptors (Lipinski definition) is 5. The third kappa shape index (κ3) is 4.18. The number of rotatable bonds is 5. The van der Waals surface area contributed by atoms with Crippen LogP contribution in [0, 0.1) is 12.8 Å². The summed E-state index contributed by atoms with van der Waals surface area (Å²) >= 11 is 0. The number of nitrogens with one attached hydrogen (secondary N) is 2. The molecule has 27 heavy (non-hydrogen) atoms. The number of aromatic amines is 1. The summed E-state index contributed by atoms with van der Waals surface area (Å²) in [7, 11) is 0. The van der Waals surface area contributed by atoms with Crippen LogP contribution in [-0.2, 0) is 6.42 Å². The fourth-order valence-electron chi connectivity index (χ4n) is 4.11. The summed E-state index contributed by atoms with van der Waals surface area (Å²) in [6, 6.07) is 5.51. The van der Waals surface area contributed by atoms with Gasteiger partial charge in [0, 0.05) is 47.8 Å². The van der Waals surface area contributed by atoms with Crippen molar-refractivity contribution in [3.05, 3.63) is 47.5 Å². The number of ketones is 1. The fourth-order valence-corrected chi connectivity index (χ4v) is 4.11. The molecule has 1 saturated carbocycles. The Hall–Kier alpha value is -1.89. The lowest BCUT2D eigenvalue weighted by molar-refractivity contribution is 0.0441. The zero-order chi connectivity index (χ0) is 18.1. The molecule has 0 spiro atoms. The molecule has 0 bridgehead atoms. The standard InChI is InChI=1S/C20H25N3O3.ClH/c1-12-10-15-16(23-12)3-2-13(19(15)24)11-22-17-4-5-18(20(17)25)26-14-6-8-21-9-7-14;/h6-10,13,17-18,20,22-23,25H,2-5,11H2,1H3;1H. The van der Waals surface area contributed by atoms with Crippen molar-refractivity contribution in [2.75, 3.05) is 6.54 Å². The van der Waals surface area contributed by atoms with Crippen molar-refractivity contribution in [1.82, 2.24) is 15.3 Å².